The number of aliphatic hydroxyl groups is 1. The molecule has 1 aromatic rings. The molecular formula is C12H16O3. The van der Waals surface area contributed by atoms with E-state index in [1.807, 2.05) is 37.3 Å². The molecule has 3 heteroatoms. The largest absolute Gasteiger partial charge is 0.485 e. The highest BCUT2D eigenvalue weighted by Gasteiger charge is 2.42. The maximum Gasteiger partial charge on any atom is 0.151 e. The van der Waals surface area contributed by atoms with Gasteiger partial charge in [-0.3, -0.25) is 0 Å². The monoisotopic (exact) mass is 208 g/mol. The SMILES string of the molecule is CCO[C@@H]1C[C@@H](O)[C@H]1Oc1ccccc1. The first-order chi connectivity index (χ1) is 7.31. The zero-order valence-electron chi connectivity index (χ0n) is 8.80. The fraction of sp³-hybridized carbons (Fsp3) is 0.500. The van der Waals surface area contributed by atoms with Crippen molar-refractivity contribution in [3.63, 3.8) is 0 Å². The summed E-state index contributed by atoms with van der Waals surface area (Å²) < 4.78 is 11.1. The second-order valence-corrected chi connectivity index (χ2v) is 3.69. The second kappa shape index (κ2) is 4.64. The molecular weight excluding hydrogens is 192 g/mol. The van der Waals surface area contributed by atoms with Crippen LogP contribution in [0.4, 0.5) is 0 Å². The van der Waals surface area contributed by atoms with E-state index in [1.54, 1.807) is 0 Å². The van der Waals surface area contributed by atoms with Crippen molar-refractivity contribution in [2.75, 3.05) is 6.61 Å². The van der Waals surface area contributed by atoms with E-state index in [1.165, 1.54) is 0 Å². The molecule has 3 nitrogen and oxygen atoms in total. The molecule has 0 aliphatic heterocycles. The quantitative estimate of drug-likeness (QED) is 0.817. The Bertz CT molecular complexity index is 297. The molecule has 1 fully saturated rings. The number of rotatable bonds is 4. The van der Waals surface area contributed by atoms with Crippen LogP contribution in [-0.2, 0) is 4.74 Å². The first-order valence-corrected chi connectivity index (χ1v) is 5.32. The minimum atomic E-state index is -0.401. The van der Waals surface area contributed by atoms with Crippen molar-refractivity contribution in [2.24, 2.45) is 0 Å². The average Bonchev–Trinajstić information content (AvgIpc) is 2.27. The van der Waals surface area contributed by atoms with Gasteiger partial charge >= 0.3 is 0 Å². The van der Waals surface area contributed by atoms with Gasteiger partial charge in [0.15, 0.2) is 6.10 Å². The molecule has 82 valence electrons. The van der Waals surface area contributed by atoms with Gasteiger partial charge in [-0.1, -0.05) is 18.2 Å². The second-order valence-electron chi connectivity index (χ2n) is 3.69. The molecule has 0 bridgehead atoms. The molecule has 3 atom stereocenters. The zero-order valence-corrected chi connectivity index (χ0v) is 8.80. The van der Waals surface area contributed by atoms with Gasteiger partial charge in [-0.15, -0.1) is 0 Å². The third kappa shape index (κ3) is 2.30. The number of ether oxygens (including phenoxy) is 2. The average molecular weight is 208 g/mol. The minimum Gasteiger partial charge on any atom is -0.485 e. The Hall–Kier alpha value is -1.06. The van der Waals surface area contributed by atoms with Crippen LogP contribution >= 0.6 is 0 Å². The number of benzene rings is 1. The summed E-state index contributed by atoms with van der Waals surface area (Å²) in [5, 5.41) is 9.56. The molecule has 1 saturated carbocycles. The van der Waals surface area contributed by atoms with Crippen LogP contribution in [0.5, 0.6) is 5.75 Å². The molecule has 0 aromatic heterocycles. The third-order valence-electron chi connectivity index (χ3n) is 2.62. The van der Waals surface area contributed by atoms with Crippen LogP contribution in [0.3, 0.4) is 0 Å². The molecule has 0 saturated heterocycles. The van der Waals surface area contributed by atoms with Crippen molar-refractivity contribution in [1.29, 1.82) is 0 Å². The van der Waals surface area contributed by atoms with Crippen molar-refractivity contribution in [1.82, 2.24) is 0 Å². The summed E-state index contributed by atoms with van der Waals surface area (Å²) >= 11 is 0. The number of aliphatic hydroxyl groups excluding tert-OH is 1. The van der Waals surface area contributed by atoms with E-state index >= 15 is 0 Å². The summed E-state index contributed by atoms with van der Waals surface area (Å²) in [6.45, 7) is 2.61. The van der Waals surface area contributed by atoms with Crippen molar-refractivity contribution in [2.45, 2.75) is 31.7 Å². The van der Waals surface area contributed by atoms with Crippen molar-refractivity contribution < 1.29 is 14.6 Å². The molecule has 1 N–H and O–H groups in total. The van der Waals surface area contributed by atoms with Gasteiger partial charge in [-0.25, -0.2) is 0 Å². The fourth-order valence-corrected chi connectivity index (χ4v) is 1.75. The smallest absolute Gasteiger partial charge is 0.151 e. The molecule has 0 amide bonds. The fourth-order valence-electron chi connectivity index (χ4n) is 1.75. The minimum absolute atomic E-state index is 0.0326. The van der Waals surface area contributed by atoms with E-state index in [2.05, 4.69) is 0 Å². The van der Waals surface area contributed by atoms with Gasteiger partial charge in [0.1, 0.15) is 5.75 Å². The number of hydrogen-bond donors (Lipinski definition) is 1. The Kier molecular flexibility index (Phi) is 3.23. The Morgan fingerprint density at radius 3 is 2.67 bits per heavy atom. The van der Waals surface area contributed by atoms with E-state index in [9.17, 15) is 5.11 Å². The van der Waals surface area contributed by atoms with Crippen molar-refractivity contribution >= 4 is 0 Å². The topological polar surface area (TPSA) is 38.7 Å². The Morgan fingerprint density at radius 2 is 2.07 bits per heavy atom. The lowest BCUT2D eigenvalue weighted by Crippen LogP contribution is -2.55. The van der Waals surface area contributed by atoms with Crippen LogP contribution in [0.2, 0.25) is 0 Å². The molecule has 0 radical (unpaired) electrons. The molecule has 1 aromatic carbocycles. The van der Waals surface area contributed by atoms with Crippen LogP contribution in [0.15, 0.2) is 30.3 Å². The molecule has 0 unspecified atom stereocenters. The predicted molar refractivity (Wildman–Crippen MR) is 56.9 cm³/mol. The van der Waals surface area contributed by atoms with Gasteiger partial charge < -0.3 is 14.6 Å². The Morgan fingerprint density at radius 1 is 1.33 bits per heavy atom. The first kappa shape index (κ1) is 10.5. The van der Waals surface area contributed by atoms with Crippen LogP contribution in [0.25, 0.3) is 0 Å². The predicted octanol–water partition coefficient (Wildman–Crippen LogP) is 1.60. The molecule has 2 rings (SSSR count). The lowest BCUT2D eigenvalue weighted by Gasteiger charge is -2.40. The summed E-state index contributed by atoms with van der Waals surface area (Å²) in [6.07, 6.45) is 0.0880. The van der Waals surface area contributed by atoms with Crippen molar-refractivity contribution in [3.8, 4) is 5.75 Å². The maximum absolute atomic E-state index is 9.56. The summed E-state index contributed by atoms with van der Waals surface area (Å²) in [6, 6.07) is 9.53. The van der Waals surface area contributed by atoms with Crippen molar-refractivity contribution in [3.05, 3.63) is 30.3 Å². The Labute approximate surface area is 89.6 Å². The standard InChI is InChI=1S/C12H16O3/c1-2-14-11-8-10(13)12(11)15-9-6-4-3-5-7-9/h3-7,10-13H,2,8H2,1H3/t10-,11-,12-/m1/s1. The third-order valence-corrected chi connectivity index (χ3v) is 2.62. The van der Waals surface area contributed by atoms with E-state index in [0.29, 0.717) is 13.0 Å². The van der Waals surface area contributed by atoms with Gasteiger partial charge in [0, 0.05) is 13.0 Å². The van der Waals surface area contributed by atoms with Crippen LogP contribution < -0.4 is 4.74 Å². The molecule has 15 heavy (non-hydrogen) atoms. The summed E-state index contributed by atoms with van der Waals surface area (Å²) in [5.41, 5.74) is 0. The highest BCUT2D eigenvalue weighted by molar-refractivity contribution is 5.22. The highest BCUT2D eigenvalue weighted by Crippen LogP contribution is 2.28. The van der Waals surface area contributed by atoms with Gasteiger partial charge in [-0.05, 0) is 19.1 Å². The van der Waals surface area contributed by atoms with E-state index in [-0.39, 0.29) is 12.2 Å². The Balaban J connectivity index is 1.93. The molecule has 1 aliphatic carbocycles. The van der Waals surface area contributed by atoms with Crippen LogP contribution in [-0.4, -0.2) is 30.0 Å². The lowest BCUT2D eigenvalue weighted by molar-refractivity contribution is -0.154. The van der Waals surface area contributed by atoms with E-state index in [0.717, 1.165) is 5.75 Å². The highest BCUT2D eigenvalue weighted by atomic mass is 16.6. The van der Waals surface area contributed by atoms with Crippen LogP contribution in [0, 0.1) is 0 Å². The van der Waals surface area contributed by atoms with Gasteiger partial charge in [-0.2, -0.15) is 0 Å². The van der Waals surface area contributed by atoms with Gasteiger partial charge in [0.25, 0.3) is 0 Å². The first-order valence-electron chi connectivity index (χ1n) is 5.32. The zero-order chi connectivity index (χ0) is 10.7. The van der Waals surface area contributed by atoms with E-state index in [4.69, 9.17) is 9.47 Å². The summed E-state index contributed by atoms with van der Waals surface area (Å²) in [4.78, 5) is 0. The number of para-hydroxylation sites is 1. The summed E-state index contributed by atoms with van der Waals surface area (Å²) in [7, 11) is 0. The maximum atomic E-state index is 9.56. The molecule has 0 spiro atoms. The normalized spacial score (nSPS) is 29.6. The molecule has 0 heterocycles. The van der Waals surface area contributed by atoms with Gasteiger partial charge in [0.05, 0.1) is 12.2 Å². The van der Waals surface area contributed by atoms with E-state index < -0.39 is 6.10 Å². The number of hydrogen-bond acceptors (Lipinski definition) is 3. The van der Waals surface area contributed by atoms with Gasteiger partial charge in [0.2, 0.25) is 0 Å². The molecule has 1 aliphatic rings. The van der Waals surface area contributed by atoms with Crippen LogP contribution in [0.1, 0.15) is 13.3 Å². The summed E-state index contributed by atoms with van der Waals surface area (Å²) in [5.74, 6) is 0.783. The lowest BCUT2D eigenvalue weighted by atomic mass is 9.88.